The van der Waals surface area contributed by atoms with E-state index in [-0.39, 0.29) is 53.1 Å². The van der Waals surface area contributed by atoms with Crippen molar-refractivity contribution in [2.24, 2.45) is 11.8 Å². The van der Waals surface area contributed by atoms with Gasteiger partial charge in [-0.25, -0.2) is 31.1 Å². The van der Waals surface area contributed by atoms with Crippen molar-refractivity contribution in [3.63, 3.8) is 0 Å². The number of hydrogen-bond acceptors (Lipinski definition) is 10. The zero-order chi connectivity index (χ0) is 63.2. The van der Waals surface area contributed by atoms with Crippen molar-refractivity contribution in [3.05, 3.63) is 154 Å². The van der Waals surface area contributed by atoms with Crippen LogP contribution in [0.4, 0.5) is 31.1 Å². The molecule has 88 heavy (non-hydrogen) atoms. The number of likely N-dealkylation sites (tertiary alicyclic amines) is 4. The summed E-state index contributed by atoms with van der Waals surface area (Å²) < 4.78 is 94.3. The molecule has 0 radical (unpaired) electrons. The summed E-state index contributed by atoms with van der Waals surface area (Å²) in [7, 11) is 0. The Bertz CT molecular complexity index is 3400. The fourth-order valence-corrected chi connectivity index (χ4v) is 12.6. The maximum absolute atomic E-state index is 13.5. The number of benzene rings is 4. The van der Waals surface area contributed by atoms with Crippen molar-refractivity contribution in [2.75, 3.05) is 65.6 Å². The first-order valence-electron chi connectivity index (χ1n) is 30.0. The first-order valence-corrected chi connectivity index (χ1v) is 30.4. The van der Waals surface area contributed by atoms with Crippen molar-refractivity contribution in [3.8, 4) is 0 Å². The van der Waals surface area contributed by atoms with Crippen molar-refractivity contribution in [2.45, 2.75) is 116 Å². The van der Waals surface area contributed by atoms with Gasteiger partial charge in [-0.1, -0.05) is 36.4 Å². The number of hydrogen-bond donors (Lipinski definition) is 2. The number of esters is 2. The molecule has 2 unspecified atom stereocenters. The summed E-state index contributed by atoms with van der Waals surface area (Å²) in [6, 6.07) is 20.4. The Balaban J connectivity index is 0.000000189. The van der Waals surface area contributed by atoms with Crippen LogP contribution in [0, 0.1) is 46.7 Å². The molecule has 4 saturated heterocycles. The van der Waals surface area contributed by atoms with Gasteiger partial charge in [0.1, 0.15) is 18.8 Å². The van der Waals surface area contributed by atoms with Crippen molar-refractivity contribution >= 4 is 74.7 Å². The highest BCUT2D eigenvalue weighted by molar-refractivity contribution is 6.66. The molecule has 2 amide bonds. The van der Waals surface area contributed by atoms with E-state index < -0.39 is 45.7 Å². The molecule has 0 bridgehead atoms. The molecule has 472 valence electrons. The van der Waals surface area contributed by atoms with Crippen molar-refractivity contribution < 1.29 is 64.5 Å². The highest BCUT2D eigenvalue weighted by Crippen LogP contribution is 2.38. The molecule has 0 saturated carbocycles. The van der Waals surface area contributed by atoms with E-state index in [9.17, 15) is 50.3 Å². The van der Waals surface area contributed by atoms with E-state index in [4.69, 9.17) is 25.8 Å². The normalized spacial score (nSPS) is 17.8. The lowest BCUT2D eigenvalue weighted by Crippen LogP contribution is -2.51. The van der Waals surface area contributed by atoms with E-state index in [0.29, 0.717) is 57.1 Å². The van der Waals surface area contributed by atoms with Gasteiger partial charge < -0.3 is 34.0 Å². The molecule has 4 aromatic carbocycles. The van der Waals surface area contributed by atoms with Gasteiger partial charge in [-0.3, -0.25) is 29.0 Å². The third-order valence-corrected chi connectivity index (χ3v) is 17.1. The van der Waals surface area contributed by atoms with Crippen LogP contribution in [0.15, 0.2) is 97.3 Å². The third-order valence-electron chi connectivity index (χ3n) is 17.0. The minimum Gasteiger partial charge on any atom is -0.464 e. The average molecular weight is 1240 g/mol. The largest absolute Gasteiger partial charge is 0.464 e. The zero-order valence-corrected chi connectivity index (χ0v) is 51.0. The van der Waals surface area contributed by atoms with Gasteiger partial charge in [-0.15, -0.1) is 0 Å². The molecule has 2 N–H and O–H groups in total. The number of H-pyrrole nitrogens is 2. The molecule has 21 heteroatoms. The fraction of sp³-hybridized carbons (Fsp3) is 0.448. The predicted molar refractivity (Wildman–Crippen MR) is 326 cm³/mol. The number of ether oxygens (including phenoxy) is 3. The monoisotopic (exact) mass is 1240 g/mol. The topological polar surface area (TPSA) is 158 Å². The lowest BCUT2D eigenvalue weighted by atomic mass is 9.84. The van der Waals surface area contributed by atoms with Gasteiger partial charge in [-0.05, 0) is 210 Å². The Morgan fingerprint density at radius 2 is 0.932 bits per heavy atom. The second-order valence-corrected chi connectivity index (χ2v) is 24.3. The number of fused-ring (bicyclic) bond motifs is 2. The highest BCUT2D eigenvalue weighted by atomic mass is 35.5. The average Bonchev–Trinajstić information content (AvgIpc) is 3.80. The summed E-state index contributed by atoms with van der Waals surface area (Å²) in [4.78, 5) is 74.0. The zero-order valence-electron chi connectivity index (χ0n) is 50.3. The quantitative estimate of drug-likeness (QED) is 0.0269. The molecule has 4 aliphatic heterocycles. The second-order valence-electron chi connectivity index (χ2n) is 24.0. The van der Waals surface area contributed by atoms with Crippen LogP contribution in [0.1, 0.15) is 120 Å². The number of piperidine rings is 4. The van der Waals surface area contributed by atoms with Crippen LogP contribution in [0.25, 0.3) is 34.0 Å². The van der Waals surface area contributed by atoms with Crippen molar-refractivity contribution in [1.82, 2.24) is 29.6 Å². The SMILES string of the molecule is CC(=O)OCC(C1CCN(C(=O)/C=C/c2cc(F)c(F)c(F)c2)CC1)N1CCC(c2c[nH]c3ccccc23)CC1.CC(=O)OCC(C1CCN(C(=O)OC(C)(C)C)CC1)N1CCC(c2c[nH]c3ccccc23)CC1.O=C(Cl)/C=C/c1cc(F)c(F)c(F)c1. The fourth-order valence-electron chi connectivity index (χ4n) is 12.5. The van der Waals surface area contributed by atoms with E-state index >= 15 is 0 Å². The predicted octanol–water partition coefficient (Wildman–Crippen LogP) is 13.5. The Labute approximate surface area is 514 Å². The summed E-state index contributed by atoms with van der Waals surface area (Å²) in [6.07, 6.45) is 16.2. The molecule has 10 rings (SSSR count). The van der Waals surface area contributed by atoms with E-state index in [0.717, 1.165) is 119 Å². The van der Waals surface area contributed by atoms with Gasteiger partial charge in [0.05, 0.1) is 0 Å². The third kappa shape index (κ3) is 18.1. The number of carbonyl (C=O) groups excluding carboxylic acids is 5. The number of carbonyl (C=O) groups is 5. The molecular weight excluding hydrogens is 1170 g/mol. The van der Waals surface area contributed by atoms with E-state index in [1.165, 1.54) is 53.4 Å². The molecule has 6 aromatic rings. The van der Waals surface area contributed by atoms with Crippen LogP contribution in [-0.4, -0.2) is 142 Å². The highest BCUT2D eigenvalue weighted by Gasteiger charge is 2.38. The minimum atomic E-state index is -1.54. The summed E-state index contributed by atoms with van der Waals surface area (Å²) in [5, 5.41) is 1.82. The smallest absolute Gasteiger partial charge is 0.410 e. The molecular formula is C67H77ClF6N6O8. The lowest BCUT2D eigenvalue weighted by Gasteiger charge is -2.43. The Morgan fingerprint density at radius 3 is 1.31 bits per heavy atom. The first kappa shape index (κ1) is 66.5. The van der Waals surface area contributed by atoms with Gasteiger partial charge >= 0.3 is 18.0 Å². The Kier molecular flexibility index (Phi) is 23.2. The molecule has 4 fully saturated rings. The number of nitrogens with zero attached hydrogens (tertiary/aromatic N) is 4. The minimum absolute atomic E-state index is 0.0235. The van der Waals surface area contributed by atoms with Gasteiger partial charge in [0.2, 0.25) is 11.1 Å². The molecule has 14 nitrogen and oxygen atoms in total. The molecule has 2 aromatic heterocycles. The maximum atomic E-state index is 13.5. The van der Waals surface area contributed by atoms with E-state index in [1.807, 2.05) is 31.7 Å². The van der Waals surface area contributed by atoms with Gasteiger partial charge in [0.15, 0.2) is 34.9 Å². The number of para-hydroxylation sites is 2. The number of aromatic nitrogens is 2. The number of halogens is 7. The molecule has 6 heterocycles. The summed E-state index contributed by atoms with van der Waals surface area (Å²) in [5.41, 5.74) is 4.74. The van der Waals surface area contributed by atoms with Crippen LogP contribution < -0.4 is 0 Å². The van der Waals surface area contributed by atoms with Crippen molar-refractivity contribution in [1.29, 1.82) is 0 Å². The molecule has 2 atom stereocenters. The van der Waals surface area contributed by atoms with Crippen LogP contribution in [0.3, 0.4) is 0 Å². The van der Waals surface area contributed by atoms with Gasteiger partial charge in [0.25, 0.3) is 0 Å². The van der Waals surface area contributed by atoms with E-state index in [2.05, 4.69) is 74.6 Å². The maximum Gasteiger partial charge on any atom is 0.410 e. The number of nitrogens with one attached hydrogen (secondary N) is 2. The lowest BCUT2D eigenvalue weighted by molar-refractivity contribution is -0.145. The second kappa shape index (κ2) is 30.7. The number of rotatable bonds is 14. The number of allylic oxidation sites excluding steroid dienone is 1. The van der Waals surface area contributed by atoms with Crippen LogP contribution in [-0.2, 0) is 33.4 Å². The summed E-state index contributed by atoms with van der Waals surface area (Å²) in [6.45, 7) is 15.5. The molecule has 0 spiro atoms. The standard InChI is InChI=1S/C31H34F3N3O3.C27H39N3O4.C9H4ClF3O/c1-20(38)40-19-29(36-12-8-22(9-13-36)25-18-35-28-5-3-2-4-24(25)28)23-10-14-37(15-11-23)30(39)7-6-21-16-26(32)31(34)27(33)17-21;1-19(31)33-18-25(21-11-15-30(16-12-21)26(32)34-27(2,3)4)29-13-9-20(10-14-29)23-17-28-24-8-6-5-7-22(23)24;10-8(14)2-1-5-3-6(11)9(13)7(12)4-5/h2-7,16-18,22-23,29,35H,8-15,19H2,1H3;5-8,17,20-21,25,28H,9-16,18H2,1-4H3;1-4H/b7-6+;;2-1+. The summed E-state index contributed by atoms with van der Waals surface area (Å²) in [5.74, 6) is -7.43. The molecule has 0 aliphatic carbocycles. The van der Waals surface area contributed by atoms with Gasteiger partial charge in [0, 0.05) is 92.4 Å². The van der Waals surface area contributed by atoms with Crippen LogP contribution in [0.5, 0.6) is 0 Å². The number of aromatic amines is 2. The van der Waals surface area contributed by atoms with Crippen LogP contribution in [0.2, 0.25) is 0 Å². The van der Waals surface area contributed by atoms with Gasteiger partial charge in [-0.2, -0.15) is 0 Å². The van der Waals surface area contributed by atoms with E-state index in [1.54, 1.807) is 4.90 Å². The first-order chi connectivity index (χ1) is 42.0. The summed E-state index contributed by atoms with van der Waals surface area (Å²) >= 11 is 4.95. The number of amides is 2. The van der Waals surface area contributed by atoms with Crippen LogP contribution >= 0.6 is 11.6 Å². The molecule has 4 aliphatic rings. The Hall–Kier alpha value is -7.42. The Morgan fingerprint density at radius 1 is 0.557 bits per heavy atom.